The number of thiophene rings is 1. The van der Waals surface area contributed by atoms with E-state index in [0.29, 0.717) is 23.7 Å². The molecule has 0 amide bonds. The fourth-order valence-electron chi connectivity index (χ4n) is 1.77. The van der Waals surface area contributed by atoms with Crippen LogP contribution in [0.3, 0.4) is 0 Å². The molecule has 0 aromatic carbocycles. The summed E-state index contributed by atoms with van der Waals surface area (Å²) in [7, 11) is 0. The molecule has 0 radical (unpaired) electrons. The van der Waals surface area contributed by atoms with Crippen molar-refractivity contribution in [2.24, 2.45) is 0 Å². The second kappa shape index (κ2) is 6.31. The highest BCUT2D eigenvalue weighted by Gasteiger charge is 2.14. The van der Waals surface area contributed by atoms with Crippen LogP contribution in [0, 0.1) is 5.82 Å². The summed E-state index contributed by atoms with van der Waals surface area (Å²) in [4.78, 5) is 13.4. The first-order valence-corrected chi connectivity index (χ1v) is 8.06. The highest BCUT2D eigenvalue weighted by molar-refractivity contribution is 7.99. The Labute approximate surface area is 129 Å². The first-order valence-electron chi connectivity index (χ1n) is 6.37. The van der Waals surface area contributed by atoms with E-state index >= 15 is 0 Å². The zero-order valence-corrected chi connectivity index (χ0v) is 12.8. The highest BCUT2D eigenvalue weighted by atomic mass is 32.2. The van der Waals surface area contributed by atoms with Gasteiger partial charge in [-0.3, -0.25) is 5.10 Å². The molecule has 0 fully saturated rings. The minimum atomic E-state index is -0.394. The minimum Gasteiger partial charge on any atom is -0.262 e. The number of H-pyrrole nitrogens is 1. The molecule has 0 aliphatic rings. The van der Waals surface area contributed by atoms with Crippen molar-refractivity contribution in [3.63, 3.8) is 0 Å². The number of hydrogen-bond acceptors (Lipinski definition) is 6. The number of aryl methyl sites for hydroxylation is 1. The molecule has 0 bridgehead atoms. The van der Waals surface area contributed by atoms with Gasteiger partial charge in [-0.2, -0.15) is 0 Å². The van der Waals surface area contributed by atoms with Crippen molar-refractivity contribution in [3.8, 4) is 0 Å². The summed E-state index contributed by atoms with van der Waals surface area (Å²) in [5, 5.41) is 9.69. The predicted octanol–water partition coefficient (Wildman–Crippen LogP) is 3.10. The first-order chi connectivity index (χ1) is 10.3. The number of aromatic nitrogens is 5. The van der Waals surface area contributed by atoms with Crippen molar-refractivity contribution in [1.82, 2.24) is 25.1 Å². The van der Waals surface area contributed by atoms with Crippen molar-refractivity contribution >= 4 is 23.1 Å². The molecule has 0 saturated heterocycles. The molecule has 3 aromatic heterocycles. The number of rotatable bonds is 5. The van der Waals surface area contributed by atoms with Gasteiger partial charge < -0.3 is 0 Å². The molecule has 3 rings (SSSR count). The molecular weight excluding hydrogens is 309 g/mol. The second-order valence-corrected chi connectivity index (χ2v) is 6.20. The summed E-state index contributed by atoms with van der Waals surface area (Å²) in [6.07, 6.45) is 2.58. The molecule has 0 aliphatic heterocycles. The third-order valence-corrected chi connectivity index (χ3v) is 4.51. The highest BCUT2D eigenvalue weighted by Crippen LogP contribution is 2.26. The molecule has 8 heteroatoms. The summed E-state index contributed by atoms with van der Waals surface area (Å²) in [5.74, 6) is 0.361. The molecule has 3 aromatic rings. The molecule has 1 N–H and O–H groups in total. The van der Waals surface area contributed by atoms with Gasteiger partial charge in [0.25, 0.3) is 0 Å². The fourth-order valence-corrected chi connectivity index (χ4v) is 3.21. The summed E-state index contributed by atoms with van der Waals surface area (Å²) in [5.41, 5.74) is 0.404. The summed E-state index contributed by atoms with van der Waals surface area (Å²) in [6, 6.07) is 4.03. The quantitative estimate of drug-likeness (QED) is 0.731. The Hall–Kier alpha value is -1.80. The van der Waals surface area contributed by atoms with Crippen LogP contribution in [0.1, 0.15) is 23.3 Å². The molecule has 3 heterocycles. The smallest absolute Gasteiger partial charge is 0.214 e. The van der Waals surface area contributed by atoms with Gasteiger partial charge >= 0.3 is 0 Å². The van der Waals surface area contributed by atoms with Gasteiger partial charge in [-0.25, -0.2) is 19.3 Å². The topological polar surface area (TPSA) is 67.3 Å². The van der Waals surface area contributed by atoms with E-state index < -0.39 is 5.82 Å². The third kappa shape index (κ3) is 3.27. The van der Waals surface area contributed by atoms with Crippen LogP contribution in [-0.4, -0.2) is 25.1 Å². The monoisotopic (exact) mass is 321 g/mol. The Balaban J connectivity index is 1.75. The summed E-state index contributed by atoms with van der Waals surface area (Å²) >= 11 is 2.76. The Morgan fingerprint density at radius 3 is 3.05 bits per heavy atom. The predicted molar refractivity (Wildman–Crippen MR) is 79.0 cm³/mol. The molecule has 5 nitrogen and oxygen atoms in total. The maximum Gasteiger partial charge on any atom is 0.214 e. The third-order valence-electron chi connectivity index (χ3n) is 2.79. The molecule has 108 valence electrons. The van der Waals surface area contributed by atoms with Gasteiger partial charge in [-0.1, -0.05) is 13.0 Å². The van der Waals surface area contributed by atoms with Gasteiger partial charge in [-0.05, 0) is 29.6 Å². The number of halogens is 1. The molecule has 21 heavy (non-hydrogen) atoms. The maximum absolute atomic E-state index is 14.1. The first kappa shape index (κ1) is 14.2. The van der Waals surface area contributed by atoms with Crippen LogP contribution < -0.4 is 0 Å². The van der Waals surface area contributed by atoms with E-state index in [1.165, 1.54) is 11.2 Å². The Bertz CT molecular complexity index is 726. The molecule has 0 unspecified atom stereocenters. The summed E-state index contributed by atoms with van der Waals surface area (Å²) in [6.45, 7) is 1.85. The number of aromatic amines is 1. The van der Waals surface area contributed by atoms with Crippen LogP contribution in [0.4, 0.5) is 4.39 Å². The van der Waals surface area contributed by atoms with Gasteiger partial charge in [-0.15, -0.1) is 16.4 Å². The summed E-state index contributed by atoms with van der Waals surface area (Å²) < 4.78 is 14.1. The molecule has 0 spiro atoms. The number of nitrogens with zero attached hydrogens (tertiary/aromatic N) is 4. The Morgan fingerprint density at radius 1 is 1.38 bits per heavy atom. The van der Waals surface area contributed by atoms with Crippen LogP contribution in [0.2, 0.25) is 0 Å². The lowest BCUT2D eigenvalue weighted by molar-refractivity contribution is 0.559. The van der Waals surface area contributed by atoms with Crippen molar-refractivity contribution in [2.75, 3.05) is 0 Å². The van der Waals surface area contributed by atoms with Crippen molar-refractivity contribution in [2.45, 2.75) is 29.9 Å². The lowest BCUT2D eigenvalue weighted by Gasteiger charge is -2.01. The molecule has 0 saturated carbocycles. The van der Waals surface area contributed by atoms with E-state index in [1.807, 2.05) is 24.4 Å². The maximum atomic E-state index is 14.1. The molecular formula is C13H12FN5S2. The molecule has 0 aliphatic carbocycles. The van der Waals surface area contributed by atoms with E-state index in [1.54, 1.807) is 11.3 Å². The van der Waals surface area contributed by atoms with Crippen molar-refractivity contribution in [1.29, 1.82) is 0 Å². The minimum absolute atomic E-state index is 0.253. The van der Waals surface area contributed by atoms with Crippen LogP contribution in [0.25, 0.3) is 0 Å². The van der Waals surface area contributed by atoms with E-state index in [2.05, 4.69) is 25.1 Å². The van der Waals surface area contributed by atoms with Crippen LogP contribution in [0.5, 0.6) is 0 Å². The van der Waals surface area contributed by atoms with E-state index in [9.17, 15) is 4.39 Å². The van der Waals surface area contributed by atoms with Gasteiger partial charge in [0, 0.05) is 11.3 Å². The zero-order valence-electron chi connectivity index (χ0n) is 11.2. The van der Waals surface area contributed by atoms with E-state index in [-0.39, 0.29) is 5.03 Å². The zero-order chi connectivity index (χ0) is 14.7. The fraction of sp³-hybridized carbons (Fsp3) is 0.231. The van der Waals surface area contributed by atoms with E-state index in [0.717, 1.165) is 17.6 Å². The normalized spacial score (nSPS) is 11.0. The van der Waals surface area contributed by atoms with Crippen molar-refractivity contribution < 1.29 is 4.39 Å². The van der Waals surface area contributed by atoms with Gasteiger partial charge in [0.15, 0.2) is 5.82 Å². The average molecular weight is 321 g/mol. The van der Waals surface area contributed by atoms with Crippen LogP contribution in [0.15, 0.2) is 34.0 Å². The van der Waals surface area contributed by atoms with Crippen LogP contribution >= 0.6 is 23.1 Å². The van der Waals surface area contributed by atoms with Crippen LogP contribution in [-0.2, 0) is 12.8 Å². The largest absolute Gasteiger partial charge is 0.262 e. The molecule has 0 atom stereocenters. The second-order valence-electron chi connectivity index (χ2n) is 4.22. The number of hydrogen-bond donors (Lipinski definition) is 1. The lowest BCUT2D eigenvalue weighted by atomic mass is 10.3. The van der Waals surface area contributed by atoms with Crippen molar-refractivity contribution in [3.05, 3.63) is 46.1 Å². The SMILES string of the molecule is CCc1ncnc(Sc2n[nH]c(Cc3cccs3)n2)c1F. The lowest BCUT2D eigenvalue weighted by Crippen LogP contribution is -1.97. The average Bonchev–Trinajstić information content (AvgIpc) is 3.14. The number of nitrogens with one attached hydrogen (secondary N) is 1. The van der Waals surface area contributed by atoms with E-state index in [4.69, 9.17) is 0 Å². The van der Waals surface area contributed by atoms with Gasteiger partial charge in [0.1, 0.15) is 17.2 Å². The Morgan fingerprint density at radius 2 is 2.29 bits per heavy atom. The van der Waals surface area contributed by atoms with Gasteiger partial charge in [0.2, 0.25) is 5.16 Å². The standard InChI is InChI=1S/C13H12FN5S2/c1-2-9-11(14)12(16-7-15-9)21-13-17-10(18-19-13)6-8-4-3-5-20-8/h3-5,7H,2,6H2,1H3,(H,17,18,19). The van der Waals surface area contributed by atoms with Gasteiger partial charge in [0.05, 0.1) is 5.69 Å². The Kier molecular flexibility index (Phi) is 4.26.